The maximum Gasteiger partial charge on any atom is 0.517 e. The van der Waals surface area contributed by atoms with E-state index >= 15 is 0 Å². The van der Waals surface area contributed by atoms with E-state index < -0.39 is 40.5 Å². The van der Waals surface area contributed by atoms with Gasteiger partial charge in [-0.25, -0.2) is 0 Å². The first-order chi connectivity index (χ1) is 11.4. The Morgan fingerprint density at radius 3 is 1.35 bits per heavy atom. The smallest absolute Gasteiger partial charge is 0.196 e. The average molecular weight is 427 g/mol. The van der Waals surface area contributed by atoms with Crippen LogP contribution in [0.4, 0.5) is 32.0 Å². The van der Waals surface area contributed by atoms with Gasteiger partial charge in [0.25, 0.3) is 0 Å². The predicted molar refractivity (Wildman–Crippen MR) is 82.4 cm³/mol. The molecule has 0 N–H and O–H groups in total. The van der Waals surface area contributed by atoms with Crippen molar-refractivity contribution in [2.75, 3.05) is 3.71 Å². The Hall–Kier alpha value is -1.50. The van der Waals surface area contributed by atoms with E-state index in [9.17, 15) is 43.2 Å². The number of nitrogens with zero attached hydrogens (tertiary/aromatic N) is 1. The Morgan fingerprint density at radius 2 is 1.12 bits per heavy atom. The van der Waals surface area contributed by atoms with Gasteiger partial charge in [-0.3, -0.25) is 0 Å². The number of benzene rings is 1. The molecule has 0 heterocycles. The van der Waals surface area contributed by atoms with Crippen molar-refractivity contribution in [2.45, 2.75) is 44.6 Å². The zero-order valence-corrected chi connectivity index (χ0v) is 15.5. The van der Waals surface area contributed by atoms with Gasteiger partial charge in [0.1, 0.15) is 0 Å². The fourth-order valence-corrected chi connectivity index (χ4v) is 5.25. The van der Waals surface area contributed by atoms with Gasteiger partial charge in [-0.2, -0.15) is 43.2 Å². The maximum absolute atomic E-state index is 12.8. The Morgan fingerprint density at radius 1 is 0.808 bits per heavy atom. The number of anilines is 1. The second kappa shape index (κ2) is 6.59. The molecule has 0 radical (unpaired) electrons. The van der Waals surface area contributed by atoms with Crippen LogP contribution in [-0.2, 0) is 20.0 Å². The molecule has 0 aliphatic rings. The molecule has 1 aromatic rings. The first kappa shape index (κ1) is 22.5. The lowest BCUT2D eigenvalue weighted by Gasteiger charge is -2.27. The van der Waals surface area contributed by atoms with Crippen molar-refractivity contribution in [2.24, 2.45) is 0 Å². The van der Waals surface area contributed by atoms with Crippen LogP contribution in [0.3, 0.4) is 0 Å². The monoisotopic (exact) mass is 427 g/mol. The fourth-order valence-electron chi connectivity index (χ4n) is 2.56. The summed E-state index contributed by atoms with van der Waals surface area (Å²) in [4.78, 5) is 0. The Balaban J connectivity index is 3.93. The lowest BCUT2D eigenvalue weighted by molar-refractivity contribution is -0.0462. The summed E-state index contributed by atoms with van der Waals surface area (Å²) in [5, 5.41) is 0. The van der Waals surface area contributed by atoms with E-state index in [-0.39, 0.29) is 17.0 Å². The summed E-state index contributed by atoms with van der Waals surface area (Å²) in [5.74, 6) is -0.184. The lowest BCUT2D eigenvalue weighted by atomic mass is 9.93. The maximum atomic E-state index is 12.8. The third-order valence-corrected chi connectivity index (χ3v) is 7.03. The molecule has 0 atom stereocenters. The standard InChI is InChI=1S/C13H15F6NO4S2/c1-7(2)11-8(3)5-10(6-9(11)4)20(25(21,22)12(14,15)16)26(23,24)13(17,18)19/h5-7H,1-4H3. The van der Waals surface area contributed by atoms with Crippen molar-refractivity contribution in [1.29, 1.82) is 0 Å². The van der Waals surface area contributed by atoms with Gasteiger partial charge in [0.15, 0.2) is 0 Å². The molecule has 150 valence electrons. The van der Waals surface area contributed by atoms with Crippen molar-refractivity contribution >= 4 is 25.7 Å². The van der Waals surface area contributed by atoms with Crippen LogP contribution >= 0.6 is 0 Å². The summed E-state index contributed by atoms with van der Waals surface area (Å²) >= 11 is 0. The summed E-state index contributed by atoms with van der Waals surface area (Å²) < 4.78 is 122. The molecule has 0 aliphatic heterocycles. The van der Waals surface area contributed by atoms with Gasteiger partial charge >= 0.3 is 31.1 Å². The molecule has 0 unspecified atom stereocenters. The molecular formula is C13H15F6NO4S2. The predicted octanol–water partition coefficient (Wildman–Crippen LogP) is 3.93. The number of rotatable bonds is 4. The Bertz CT molecular complexity index is 835. The summed E-state index contributed by atoms with van der Waals surface area (Å²) in [6.45, 7) is 6.05. The van der Waals surface area contributed by atoms with E-state index in [1.165, 1.54) is 13.8 Å². The lowest BCUT2D eigenvalue weighted by Crippen LogP contribution is -2.49. The molecule has 0 amide bonds. The number of hydrogen-bond acceptors (Lipinski definition) is 4. The minimum absolute atomic E-state index is 0.148. The first-order valence-electron chi connectivity index (χ1n) is 6.90. The summed E-state index contributed by atoms with van der Waals surface area (Å²) in [7, 11) is -13.7. The van der Waals surface area contributed by atoms with Crippen LogP contribution in [0.15, 0.2) is 12.1 Å². The van der Waals surface area contributed by atoms with Crippen molar-refractivity contribution in [3.05, 3.63) is 28.8 Å². The van der Waals surface area contributed by atoms with Crippen LogP contribution in [0.25, 0.3) is 0 Å². The van der Waals surface area contributed by atoms with E-state index in [1.807, 2.05) is 0 Å². The van der Waals surface area contributed by atoms with E-state index in [4.69, 9.17) is 0 Å². The van der Waals surface area contributed by atoms with Crippen LogP contribution in [-0.4, -0.2) is 27.9 Å². The summed E-state index contributed by atoms with van der Waals surface area (Å²) in [6, 6.07) is 1.32. The largest absolute Gasteiger partial charge is 0.517 e. The van der Waals surface area contributed by atoms with E-state index in [0.29, 0.717) is 17.7 Å². The van der Waals surface area contributed by atoms with Gasteiger partial charge < -0.3 is 0 Å². The highest BCUT2D eigenvalue weighted by atomic mass is 32.3. The molecule has 1 rings (SSSR count). The van der Waals surface area contributed by atoms with Gasteiger partial charge in [-0.15, -0.1) is 3.71 Å². The van der Waals surface area contributed by atoms with Gasteiger partial charge in [-0.1, -0.05) is 13.8 Å². The molecule has 1 aromatic carbocycles. The fraction of sp³-hybridized carbons (Fsp3) is 0.538. The molecule has 0 aliphatic carbocycles. The molecule has 5 nitrogen and oxygen atoms in total. The van der Waals surface area contributed by atoms with Crippen LogP contribution in [0.1, 0.15) is 36.5 Å². The van der Waals surface area contributed by atoms with Gasteiger partial charge in [0.05, 0.1) is 5.69 Å². The van der Waals surface area contributed by atoms with E-state index in [2.05, 4.69) is 0 Å². The number of hydrogen-bond donors (Lipinski definition) is 0. The molecular weight excluding hydrogens is 412 g/mol. The van der Waals surface area contributed by atoms with Crippen LogP contribution in [0.2, 0.25) is 0 Å². The minimum Gasteiger partial charge on any atom is -0.196 e. The molecule has 0 saturated heterocycles. The molecule has 0 bridgehead atoms. The molecule has 0 fully saturated rings. The zero-order valence-electron chi connectivity index (χ0n) is 13.9. The van der Waals surface area contributed by atoms with Crippen molar-refractivity contribution in [3.63, 3.8) is 0 Å². The molecule has 0 spiro atoms. The second-order valence-electron chi connectivity index (χ2n) is 5.75. The van der Waals surface area contributed by atoms with Crippen LogP contribution in [0, 0.1) is 13.8 Å². The number of sulfonamides is 2. The second-order valence-corrected chi connectivity index (χ2v) is 9.53. The van der Waals surface area contributed by atoms with Gasteiger partial charge in [0.2, 0.25) is 0 Å². The van der Waals surface area contributed by atoms with E-state index in [0.717, 1.165) is 0 Å². The van der Waals surface area contributed by atoms with Gasteiger partial charge in [0, 0.05) is 0 Å². The van der Waals surface area contributed by atoms with Crippen molar-refractivity contribution in [1.82, 2.24) is 0 Å². The van der Waals surface area contributed by atoms with Crippen molar-refractivity contribution in [3.8, 4) is 0 Å². The van der Waals surface area contributed by atoms with Crippen LogP contribution < -0.4 is 3.71 Å². The highest BCUT2D eigenvalue weighted by molar-refractivity contribution is 8.11. The molecule has 0 saturated carbocycles. The van der Waals surface area contributed by atoms with Crippen molar-refractivity contribution < 1.29 is 43.2 Å². The minimum atomic E-state index is -6.87. The number of alkyl halides is 6. The average Bonchev–Trinajstić information content (AvgIpc) is 2.33. The van der Waals surface area contributed by atoms with Crippen LogP contribution in [0.5, 0.6) is 0 Å². The van der Waals surface area contributed by atoms with Gasteiger partial charge in [-0.05, 0) is 48.6 Å². The highest BCUT2D eigenvalue weighted by Crippen LogP contribution is 2.40. The summed E-state index contributed by atoms with van der Waals surface area (Å²) in [6.07, 6.45) is 0. The zero-order chi connectivity index (χ0) is 20.9. The number of aryl methyl sites for hydroxylation is 2. The highest BCUT2D eigenvalue weighted by Gasteiger charge is 2.61. The molecule has 26 heavy (non-hydrogen) atoms. The molecule has 13 heteroatoms. The SMILES string of the molecule is Cc1cc(N(S(=O)(=O)C(F)(F)F)S(=O)(=O)C(F)(F)F)cc(C)c1C(C)C. The third kappa shape index (κ3) is 3.77. The third-order valence-electron chi connectivity index (χ3n) is 3.39. The quantitative estimate of drug-likeness (QED) is 0.683. The van der Waals surface area contributed by atoms with E-state index in [1.54, 1.807) is 13.8 Å². The molecule has 0 aromatic heterocycles. The topological polar surface area (TPSA) is 71.5 Å². The normalized spacial score (nSPS) is 14.0. The number of halogens is 6. The Labute approximate surface area is 146 Å². The first-order valence-corrected chi connectivity index (χ1v) is 9.78. The Kier molecular flexibility index (Phi) is 5.71. The summed E-state index contributed by atoms with van der Waals surface area (Å²) in [5.41, 5.74) is -12.9.